The fraction of sp³-hybridized carbons (Fsp3) is 0.214. The molecular formula is C42H38FN11O5S. The molecule has 60 heavy (non-hydrogen) atoms. The number of aromatic nitrogens is 9. The SMILES string of the molecule is CS(=O)(=O)c1ccc(-c2cc(N3CCOCC3)nc3c(-c4ccn[nH]4)nccc23)c(F)c1.O=c1ccc(-c2cc(N3CCOCC3)nc3c(-c4ccn[nH]4)nccc23)c[nH]1. The van der Waals surface area contributed by atoms with Crippen LogP contribution in [0.15, 0.2) is 107 Å². The predicted octanol–water partition coefficient (Wildman–Crippen LogP) is 5.28. The first-order valence-electron chi connectivity index (χ1n) is 19.1. The van der Waals surface area contributed by atoms with E-state index in [1.807, 2.05) is 24.3 Å². The van der Waals surface area contributed by atoms with Gasteiger partial charge in [-0.2, -0.15) is 10.2 Å². The number of sulfone groups is 1. The molecule has 10 rings (SSSR count). The molecule has 2 fully saturated rings. The van der Waals surface area contributed by atoms with Gasteiger partial charge in [0, 0.05) is 85.8 Å². The summed E-state index contributed by atoms with van der Waals surface area (Å²) in [6.45, 7) is 5.38. The number of nitrogens with one attached hydrogen (secondary N) is 3. The summed E-state index contributed by atoms with van der Waals surface area (Å²) in [5.74, 6) is 0.926. The fourth-order valence-corrected chi connectivity index (χ4v) is 7.97. The maximum Gasteiger partial charge on any atom is 0.247 e. The van der Waals surface area contributed by atoms with Crippen LogP contribution >= 0.6 is 0 Å². The van der Waals surface area contributed by atoms with E-state index in [4.69, 9.17) is 19.4 Å². The number of fused-ring (bicyclic) bond motifs is 2. The summed E-state index contributed by atoms with van der Waals surface area (Å²) in [4.78, 5) is 37.4. The lowest BCUT2D eigenvalue weighted by molar-refractivity contribution is 0.122. The zero-order chi connectivity index (χ0) is 41.2. The van der Waals surface area contributed by atoms with Crippen molar-refractivity contribution in [2.45, 2.75) is 4.90 Å². The monoisotopic (exact) mass is 827 g/mol. The fourth-order valence-electron chi connectivity index (χ4n) is 7.34. The number of halogens is 1. The number of H-pyrrole nitrogens is 3. The van der Waals surface area contributed by atoms with Crippen LogP contribution in [0.4, 0.5) is 16.0 Å². The average molecular weight is 828 g/mol. The Hall–Kier alpha value is -6.89. The summed E-state index contributed by atoms with van der Waals surface area (Å²) >= 11 is 0. The van der Waals surface area contributed by atoms with Gasteiger partial charge in [0.05, 0.1) is 42.7 Å². The van der Waals surface area contributed by atoms with Gasteiger partial charge >= 0.3 is 0 Å². The van der Waals surface area contributed by atoms with Gasteiger partial charge in [0.25, 0.3) is 0 Å². The third kappa shape index (κ3) is 7.82. The Kier molecular flexibility index (Phi) is 10.6. The van der Waals surface area contributed by atoms with Crippen LogP contribution in [0.5, 0.6) is 0 Å². The Balaban J connectivity index is 0.000000155. The number of hydrogen-bond acceptors (Lipinski definition) is 13. The van der Waals surface area contributed by atoms with E-state index in [0.29, 0.717) is 78.8 Å². The minimum atomic E-state index is -3.52. The molecule has 304 valence electrons. The molecule has 0 spiro atoms. The number of pyridine rings is 5. The van der Waals surface area contributed by atoms with E-state index in [1.54, 1.807) is 43.1 Å². The summed E-state index contributed by atoms with van der Waals surface area (Å²) in [5.41, 5.74) is 6.92. The molecule has 0 atom stereocenters. The van der Waals surface area contributed by atoms with E-state index < -0.39 is 15.7 Å². The van der Waals surface area contributed by atoms with Gasteiger partial charge in [-0.1, -0.05) is 6.07 Å². The van der Waals surface area contributed by atoms with Crippen molar-refractivity contribution in [2.24, 2.45) is 0 Å². The van der Waals surface area contributed by atoms with E-state index >= 15 is 4.39 Å². The zero-order valence-corrected chi connectivity index (χ0v) is 33.1. The van der Waals surface area contributed by atoms with Crippen molar-refractivity contribution in [1.29, 1.82) is 0 Å². The standard InChI is InChI=1S/C22H20FN5O3S.C20H18N6O2/c1-32(29,30)14-2-3-15(18(23)12-14)17-13-20(28-8-10-31-11-9-28)26-21-16(17)4-6-24-22(21)19-5-7-25-27-19;27-18-2-1-13(12-22-18)15-11-17(26-7-9-28-10-8-26)24-19-14(15)3-5-21-20(19)16-4-6-23-25-16/h2-7,12-13H,8-11H2,1H3,(H,25,27);1-6,11-12H,7-10H2,(H,22,27)(H,23,25). The third-order valence-corrected chi connectivity index (χ3v) is 11.5. The number of morpholine rings is 2. The highest BCUT2D eigenvalue weighted by Gasteiger charge is 2.22. The molecule has 3 N–H and O–H groups in total. The quantitative estimate of drug-likeness (QED) is 0.188. The minimum absolute atomic E-state index is 0.0645. The van der Waals surface area contributed by atoms with Crippen molar-refractivity contribution >= 4 is 43.3 Å². The first-order valence-corrected chi connectivity index (χ1v) is 21.0. The molecule has 7 aromatic heterocycles. The molecule has 9 heterocycles. The molecule has 0 aliphatic carbocycles. The van der Waals surface area contributed by atoms with Gasteiger partial charge in [0.1, 0.15) is 39.9 Å². The number of benzene rings is 1. The summed E-state index contributed by atoms with van der Waals surface area (Å²) < 4.78 is 49.9. The van der Waals surface area contributed by atoms with E-state index in [0.717, 1.165) is 64.6 Å². The van der Waals surface area contributed by atoms with E-state index in [9.17, 15) is 13.2 Å². The van der Waals surface area contributed by atoms with Crippen LogP contribution in [0, 0.1) is 5.82 Å². The molecule has 16 nitrogen and oxygen atoms in total. The molecule has 0 unspecified atom stereocenters. The van der Waals surface area contributed by atoms with Crippen molar-refractivity contribution in [1.82, 2.24) is 45.3 Å². The van der Waals surface area contributed by atoms with Crippen LogP contribution < -0.4 is 15.4 Å². The Morgan fingerprint density at radius 2 is 1.20 bits per heavy atom. The van der Waals surface area contributed by atoms with Gasteiger partial charge in [-0.25, -0.2) is 22.8 Å². The highest BCUT2D eigenvalue weighted by Crippen LogP contribution is 2.37. The lowest BCUT2D eigenvalue weighted by Gasteiger charge is -2.28. The Labute approximate surface area is 342 Å². The van der Waals surface area contributed by atoms with Gasteiger partial charge in [-0.05, 0) is 71.3 Å². The van der Waals surface area contributed by atoms with Crippen molar-refractivity contribution in [3.05, 3.63) is 114 Å². The lowest BCUT2D eigenvalue weighted by atomic mass is 9.99. The molecule has 0 amide bonds. The molecule has 0 radical (unpaired) electrons. The van der Waals surface area contributed by atoms with Crippen molar-refractivity contribution < 1.29 is 22.3 Å². The second kappa shape index (κ2) is 16.4. The van der Waals surface area contributed by atoms with Crippen molar-refractivity contribution in [3.63, 3.8) is 0 Å². The van der Waals surface area contributed by atoms with E-state index in [1.165, 1.54) is 18.2 Å². The normalized spacial score (nSPS) is 14.6. The van der Waals surface area contributed by atoms with Crippen molar-refractivity contribution in [2.75, 3.05) is 68.7 Å². The largest absolute Gasteiger partial charge is 0.378 e. The van der Waals surface area contributed by atoms with Crippen LogP contribution in [-0.4, -0.2) is 113 Å². The topological polar surface area (TPSA) is 201 Å². The van der Waals surface area contributed by atoms with Crippen LogP contribution in [0.2, 0.25) is 0 Å². The van der Waals surface area contributed by atoms with Gasteiger partial charge in [0.2, 0.25) is 5.56 Å². The number of aromatic amines is 3. The number of nitrogens with zero attached hydrogens (tertiary/aromatic N) is 8. The smallest absolute Gasteiger partial charge is 0.247 e. The van der Waals surface area contributed by atoms with Gasteiger partial charge in [0.15, 0.2) is 9.84 Å². The zero-order valence-electron chi connectivity index (χ0n) is 32.3. The highest BCUT2D eigenvalue weighted by atomic mass is 32.2. The van der Waals surface area contributed by atoms with Gasteiger partial charge in [-0.3, -0.25) is 25.0 Å². The highest BCUT2D eigenvalue weighted by molar-refractivity contribution is 7.90. The van der Waals surface area contributed by atoms with Crippen LogP contribution in [0.1, 0.15) is 0 Å². The summed E-state index contributed by atoms with van der Waals surface area (Å²) in [7, 11) is -3.52. The summed E-state index contributed by atoms with van der Waals surface area (Å²) in [6.07, 6.45) is 9.53. The lowest BCUT2D eigenvalue weighted by Crippen LogP contribution is -2.36. The first kappa shape index (κ1) is 38.6. The second-order valence-electron chi connectivity index (χ2n) is 14.2. The second-order valence-corrected chi connectivity index (χ2v) is 16.2. The van der Waals surface area contributed by atoms with Gasteiger partial charge < -0.3 is 24.3 Å². The molecule has 0 bridgehead atoms. The maximum atomic E-state index is 15.2. The average Bonchev–Trinajstić information content (AvgIpc) is 4.03. The molecule has 2 saturated heterocycles. The molecule has 2 aliphatic heterocycles. The van der Waals surface area contributed by atoms with Crippen LogP contribution in [0.25, 0.3) is 66.8 Å². The Morgan fingerprint density at radius 3 is 1.68 bits per heavy atom. The summed E-state index contributed by atoms with van der Waals surface area (Å²) in [5, 5.41) is 15.6. The summed E-state index contributed by atoms with van der Waals surface area (Å²) in [6, 6.07) is 18.7. The molecular weight excluding hydrogens is 790 g/mol. The molecule has 18 heteroatoms. The number of hydrogen-bond donors (Lipinski definition) is 3. The number of anilines is 2. The number of rotatable bonds is 7. The van der Waals surface area contributed by atoms with E-state index in [2.05, 4.69) is 51.2 Å². The predicted molar refractivity (Wildman–Crippen MR) is 225 cm³/mol. The Morgan fingerprint density at radius 1 is 0.650 bits per heavy atom. The number of ether oxygens (including phenoxy) is 2. The van der Waals surface area contributed by atoms with Gasteiger partial charge in [-0.15, -0.1) is 0 Å². The molecule has 1 aromatic carbocycles. The minimum Gasteiger partial charge on any atom is -0.378 e. The first-order chi connectivity index (χ1) is 29.2. The van der Waals surface area contributed by atoms with Crippen LogP contribution in [0.3, 0.4) is 0 Å². The molecule has 8 aromatic rings. The Bertz CT molecular complexity index is 2970. The van der Waals surface area contributed by atoms with E-state index in [-0.39, 0.29) is 10.5 Å². The molecule has 2 aliphatic rings. The third-order valence-electron chi connectivity index (χ3n) is 10.4. The molecule has 0 saturated carbocycles. The van der Waals surface area contributed by atoms with Crippen LogP contribution in [-0.2, 0) is 19.3 Å². The van der Waals surface area contributed by atoms with Crippen molar-refractivity contribution in [3.8, 4) is 45.0 Å². The maximum absolute atomic E-state index is 15.2.